The first kappa shape index (κ1) is 18.0. The lowest BCUT2D eigenvalue weighted by atomic mass is 10.00. The molecule has 3 N–H and O–H groups in total. The molecule has 0 radical (unpaired) electrons. The quantitative estimate of drug-likeness (QED) is 0.825. The Morgan fingerprint density at radius 3 is 2.62 bits per heavy atom. The van der Waals surface area contributed by atoms with Crippen molar-refractivity contribution >= 4 is 11.9 Å². The lowest BCUT2D eigenvalue weighted by Gasteiger charge is -2.36. The van der Waals surface area contributed by atoms with E-state index in [9.17, 15) is 27.2 Å². The molecule has 2 rings (SSSR count). The maximum Gasteiger partial charge on any atom is 0.419 e. The van der Waals surface area contributed by atoms with Crippen molar-refractivity contribution in [1.29, 1.82) is 0 Å². The fraction of sp³-hybridized carbons (Fsp3) is 0.467. The van der Waals surface area contributed by atoms with Gasteiger partial charge in [0.25, 0.3) is 5.91 Å². The number of hydrogen-bond donors (Lipinski definition) is 2. The number of alkyl halides is 3. The van der Waals surface area contributed by atoms with Crippen LogP contribution >= 0.6 is 0 Å². The molecule has 0 bridgehead atoms. The first-order valence-electron chi connectivity index (χ1n) is 7.41. The number of rotatable bonds is 3. The van der Waals surface area contributed by atoms with Crippen molar-refractivity contribution in [2.45, 2.75) is 31.5 Å². The third-order valence-electron chi connectivity index (χ3n) is 3.92. The van der Waals surface area contributed by atoms with E-state index in [1.165, 1.54) is 4.90 Å². The van der Waals surface area contributed by atoms with Crippen LogP contribution in [-0.2, 0) is 6.18 Å². The summed E-state index contributed by atoms with van der Waals surface area (Å²) in [7, 11) is 0. The number of amides is 3. The second-order valence-electron chi connectivity index (χ2n) is 5.59. The third kappa shape index (κ3) is 4.15. The zero-order valence-electron chi connectivity index (χ0n) is 12.7. The van der Waals surface area contributed by atoms with Gasteiger partial charge in [-0.1, -0.05) is 0 Å². The van der Waals surface area contributed by atoms with Crippen LogP contribution in [0.2, 0.25) is 0 Å². The van der Waals surface area contributed by atoms with Crippen LogP contribution in [0, 0.1) is 5.82 Å². The van der Waals surface area contributed by atoms with Crippen LogP contribution in [0.3, 0.4) is 0 Å². The van der Waals surface area contributed by atoms with Gasteiger partial charge >= 0.3 is 12.2 Å². The largest absolute Gasteiger partial charge is 0.419 e. The molecule has 5 nitrogen and oxygen atoms in total. The van der Waals surface area contributed by atoms with Gasteiger partial charge in [-0.3, -0.25) is 4.79 Å². The number of nitrogens with zero attached hydrogens (tertiary/aromatic N) is 1. The van der Waals surface area contributed by atoms with E-state index in [1.807, 2.05) is 0 Å². The minimum absolute atomic E-state index is 0.119. The molecule has 1 aliphatic rings. The van der Waals surface area contributed by atoms with E-state index < -0.39 is 29.5 Å². The van der Waals surface area contributed by atoms with Crippen molar-refractivity contribution in [2.75, 3.05) is 13.1 Å². The summed E-state index contributed by atoms with van der Waals surface area (Å²) in [5.41, 5.74) is 3.29. The summed E-state index contributed by atoms with van der Waals surface area (Å²) in [6.07, 6.45) is -2.76. The van der Waals surface area contributed by atoms with E-state index >= 15 is 0 Å². The van der Waals surface area contributed by atoms with E-state index in [2.05, 4.69) is 5.32 Å². The molecule has 1 heterocycles. The Morgan fingerprint density at radius 1 is 1.29 bits per heavy atom. The number of nitrogens with one attached hydrogen (secondary N) is 1. The van der Waals surface area contributed by atoms with Crippen molar-refractivity contribution in [1.82, 2.24) is 10.2 Å². The van der Waals surface area contributed by atoms with Gasteiger partial charge in [-0.2, -0.15) is 13.2 Å². The number of carbonyl (C=O) groups excluding carboxylic acids is 2. The molecule has 1 aromatic rings. The lowest BCUT2D eigenvalue weighted by Crippen LogP contribution is -2.50. The molecule has 1 aromatic carbocycles. The molecule has 0 saturated carbocycles. The van der Waals surface area contributed by atoms with Gasteiger partial charge in [0.1, 0.15) is 5.82 Å². The number of primary amides is 1. The van der Waals surface area contributed by atoms with Crippen molar-refractivity contribution in [2.24, 2.45) is 5.73 Å². The van der Waals surface area contributed by atoms with Crippen LogP contribution in [0.15, 0.2) is 18.2 Å². The number of likely N-dealkylation sites (tertiary alicyclic amines) is 1. The maximum absolute atomic E-state index is 13.4. The molecule has 1 aliphatic heterocycles. The van der Waals surface area contributed by atoms with Gasteiger partial charge < -0.3 is 16.0 Å². The third-order valence-corrected chi connectivity index (χ3v) is 3.92. The highest BCUT2D eigenvalue weighted by Gasteiger charge is 2.35. The summed E-state index contributed by atoms with van der Waals surface area (Å²) < 4.78 is 51.7. The topological polar surface area (TPSA) is 75.4 Å². The molecule has 132 valence electrons. The molecule has 24 heavy (non-hydrogen) atoms. The minimum atomic E-state index is -4.88. The van der Waals surface area contributed by atoms with Gasteiger partial charge in [0, 0.05) is 24.7 Å². The Morgan fingerprint density at radius 2 is 2.00 bits per heavy atom. The average Bonchev–Trinajstić information content (AvgIpc) is 2.52. The van der Waals surface area contributed by atoms with Gasteiger partial charge in [0.2, 0.25) is 0 Å². The first-order valence-corrected chi connectivity index (χ1v) is 7.41. The van der Waals surface area contributed by atoms with Crippen LogP contribution in [0.5, 0.6) is 0 Å². The fourth-order valence-corrected chi connectivity index (χ4v) is 2.74. The lowest BCUT2D eigenvalue weighted by molar-refractivity contribution is -0.140. The summed E-state index contributed by atoms with van der Waals surface area (Å²) in [6.45, 7) is 0.469. The molecule has 1 saturated heterocycles. The predicted molar refractivity (Wildman–Crippen MR) is 77.7 cm³/mol. The van der Waals surface area contributed by atoms with Gasteiger partial charge in [-0.25, -0.2) is 9.18 Å². The van der Waals surface area contributed by atoms with Gasteiger partial charge in [-0.15, -0.1) is 0 Å². The van der Waals surface area contributed by atoms with E-state index in [-0.39, 0.29) is 18.2 Å². The number of nitrogens with two attached hydrogens (primary N) is 1. The van der Waals surface area contributed by atoms with Crippen LogP contribution in [0.1, 0.15) is 35.2 Å². The zero-order valence-corrected chi connectivity index (χ0v) is 12.7. The minimum Gasteiger partial charge on any atom is -0.352 e. The molecule has 0 aliphatic carbocycles. The summed E-state index contributed by atoms with van der Waals surface area (Å²) in [5, 5.41) is 2.40. The van der Waals surface area contributed by atoms with E-state index in [1.54, 1.807) is 0 Å². The van der Waals surface area contributed by atoms with Crippen molar-refractivity contribution in [3.63, 3.8) is 0 Å². The molecule has 1 unspecified atom stereocenters. The molecule has 1 atom stereocenters. The van der Waals surface area contributed by atoms with Crippen LogP contribution in [0.4, 0.5) is 22.4 Å². The molecule has 0 aromatic heterocycles. The highest BCUT2D eigenvalue weighted by Crippen LogP contribution is 2.32. The number of halogens is 4. The first-order chi connectivity index (χ1) is 11.2. The van der Waals surface area contributed by atoms with E-state index in [0.717, 1.165) is 12.5 Å². The summed E-state index contributed by atoms with van der Waals surface area (Å²) >= 11 is 0. The standard InChI is InChI=1S/C15H17F4N3O2/c16-12-5-4-9(7-11(12)15(17,18)19)13(23)22-6-2-1-3-10(22)8-21-14(20)24/h4-5,7,10H,1-3,6,8H2,(H3,20,21,24). The van der Waals surface area contributed by atoms with Gasteiger partial charge in [-0.05, 0) is 37.5 Å². The highest BCUT2D eigenvalue weighted by molar-refractivity contribution is 5.94. The van der Waals surface area contributed by atoms with Crippen molar-refractivity contribution < 1.29 is 27.2 Å². The Hall–Kier alpha value is -2.32. The summed E-state index contributed by atoms with van der Waals surface area (Å²) in [4.78, 5) is 24.8. The zero-order chi connectivity index (χ0) is 17.9. The SMILES string of the molecule is NC(=O)NCC1CCCCN1C(=O)c1ccc(F)c(C(F)(F)F)c1. The van der Waals surface area contributed by atoms with E-state index in [0.29, 0.717) is 31.5 Å². The summed E-state index contributed by atoms with van der Waals surface area (Å²) in [6, 6.07) is 1.08. The van der Waals surface area contributed by atoms with Crippen molar-refractivity contribution in [3.05, 3.63) is 35.1 Å². The Balaban J connectivity index is 2.24. The number of hydrogen-bond acceptors (Lipinski definition) is 2. The number of carbonyl (C=O) groups is 2. The molecule has 0 spiro atoms. The Labute approximate surface area is 135 Å². The Kier molecular flexibility index (Phi) is 5.30. The van der Waals surface area contributed by atoms with E-state index in [4.69, 9.17) is 5.73 Å². The monoisotopic (exact) mass is 347 g/mol. The van der Waals surface area contributed by atoms with Crippen molar-refractivity contribution in [3.8, 4) is 0 Å². The normalized spacial score (nSPS) is 18.3. The highest BCUT2D eigenvalue weighted by atomic mass is 19.4. The second-order valence-corrected chi connectivity index (χ2v) is 5.59. The molecular weight excluding hydrogens is 330 g/mol. The van der Waals surface area contributed by atoms with Crippen LogP contribution < -0.4 is 11.1 Å². The molecule has 9 heteroatoms. The maximum atomic E-state index is 13.4. The van der Waals surface area contributed by atoms with Gasteiger partial charge in [0.15, 0.2) is 0 Å². The second kappa shape index (κ2) is 7.06. The molecular formula is C15H17F4N3O2. The van der Waals surface area contributed by atoms with Crippen LogP contribution in [0.25, 0.3) is 0 Å². The summed E-state index contributed by atoms with van der Waals surface area (Å²) in [5.74, 6) is -2.05. The average molecular weight is 347 g/mol. The Bertz CT molecular complexity index is 634. The fourth-order valence-electron chi connectivity index (χ4n) is 2.74. The number of piperidine rings is 1. The number of urea groups is 1. The smallest absolute Gasteiger partial charge is 0.352 e. The van der Waals surface area contributed by atoms with Crippen LogP contribution in [-0.4, -0.2) is 36.0 Å². The molecule has 3 amide bonds. The predicted octanol–water partition coefficient (Wildman–Crippen LogP) is 2.51. The van der Waals surface area contributed by atoms with Gasteiger partial charge in [0.05, 0.1) is 5.56 Å². The number of benzene rings is 1. The molecule has 1 fully saturated rings.